The van der Waals surface area contributed by atoms with Crippen molar-refractivity contribution in [2.24, 2.45) is 10.2 Å². The normalized spacial score (nSPS) is 12.0. The average molecular weight is 314 g/mol. The summed E-state index contributed by atoms with van der Waals surface area (Å²) < 4.78 is 38.7. The Morgan fingerprint density at radius 2 is 1.62 bits per heavy atom. The number of halogens is 4. The molecule has 0 fully saturated rings. The third-order valence-corrected chi connectivity index (χ3v) is 2.99. The molecule has 0 aliphatic rings. The van der Waals surface area contributed by atoms with Gasteiger partial charge in [-0.15, -0.1) is 5.11 Å². The van der Waals surface area contributed by atoms with E-state index in [1.807, 2.05) is 0 Å². The molecule has 0 radical (unpaired) electrons. The number of nitrogen functional groups attached to an aromatic ring is 1. The van der Waals surface area contributed by atoms with E-state index in [9.17, 15) is 13.2 Å². The van der Waals surface area contributed by atoms with E-state index in [1.54, 1.807) is 25.1 Å². The van der Waals surface area contributed by atoms with E-state index in [-0.39, 0.29) is 10.7 Å². The SMILES string of the molecule is Cc1cc(N)ccc1N=Nc1ccc(Cl)cc1C(F)(F)F. The number of benzene rings is 2. The lowest BCUT2D eigenvalue weighted by Crippen LogP contribution is -2.04. The van der Waals surface area contributed by atoms with Gasteiger partial charge in [-0.25, -0.2) is 0 Å². The van der Waals surface area contributed by atoms with Gasteiger partial charge in [0.05, 0.1) is 16.9 Å². The fraction of sp³-hybridized carbons (Fsp3) is 0.143. The number of hydrogen-bond donors (Lipinski definition) is 1. The molecular weight excluding hydrogens is 303 g/mol. The molecule has 2 aromatic carbocycles. The van der Waals surface area contributed by atoms with Crippen molar-refractivity contribution in [1.82, 2.24) is 0 Å². The van der Waals surface area contributed by atoms with E-state index in [4.69, 9.17) is 17.3 Å². The van der Waals surface area contributed by atoms with Gasteiger partial charge in [0, 0.05) is 10.7 Å². The molecule has 2 aromatic rings. The second-order valence-electron chi connectivity index (χ2n) is 4.41. The summed E-state index contributed by atoms with van der Waals surface area (Å²) in [5, 5.41) is 7.52. The monoisotopic (exact) mass is 313 g/mol. The molecule has 0 amide bonds. The predicted octanol–water partition coefficient (Wildman–Crippen LogP) is 5.66. The molecule has 0 unspecified atom stereocenters. The molecule has 3 nitrogen and oxygen atoms in total. The van der Waals surface area contributed by atoms with Crippen molar-refractivity contribution in [3.8, 4) is 0 Å². The molecule has 2 N–H and O–H groups in total. The van der Waals surface area contributed by atoms with Crippen LogP contribution in [0.4, 0.5) is 30.2 Å². The Kier molecular flexibility index (Phi) is 4.18. The van der Waals surface area contributed by atoms with Crippen LogP contribution in [0.2, 0.25) is 5.02 Å². The molecule has 21 heavy (non-hydrogen) atoms. The van der Waals surface area contributed by atoms with E-state index in [2.05, 4.69) is 10.2 Å². The lowest BCUT2D eigenvalue weighted by Gasteiger charge is -2.09. The zero-order chi connectivity index (χ0) is 15.6. The van der Waals surface area contributed by atoms with E-state index < -0.39 is 11.7 Å². The van der Waals surface area contributed by atoms with Crippen LogP contribution >= 0.6 is 11.6 Å². The first-order chi connectivity index (χ1) is 9.77. The summed E-state index contributed by atoms with van der Waals surface area (Å²) in [7, 11) is 0. The summed E-state index contributed by atoms with van der Waals surface area (Å²) >= 11 is 5.60. The lowest BCUT2D eigenvalue weighted by atomic mass is 10.2. The second kappa shape index (κ2) is 5.73. The Morgan fingerprint density at radius 1 is 1.00 bits per heavy atom. The molecule has 0 aliphatic heterocycles. The van der Waals surface area contributed by atoms with E-state index in [0.29, 0.717) is 11.4 Å². The minimum absolute atomic E-state index is 0.00931. The van der Waals surface area contributed by atoms with Crippen LogP contribution in [-0.2, 0) is 6.18 Å². The summed E-state index contributed by atoms with van der Waals surface area (Å²) in [6, 6.07) is 8.21. The highest BCUT2D eigenvalue weighted by Gasteiger charge is 2.34. The highest BCUT2D eigenvalue weighted by molar-refractivity contribution is 6.30. The maximum absolute atomic E-state index is 12.9. The molecule has 0 saturated carbocycles. The standard InChI is InChI=1S/C14H11ClF3N3/c1-8-6-10(19)3-5-12(8)20-21-13-4-2-9(15)7-11(13)14(16,17)18/h2-7H,19H2,1H3. The van der Waals surface area contributed by atoms with Crippen molar-refractivity contribution in [3.63, 3.8) is 0 Å². The molecule has 0 aromatic heterocycles. The van der Waals surface area contributed by atoms with Crippen molar-refractivity contribution in [3.05, 3.63) is 52.5 Å². The van der Waals surface area contributed by atoms with Crippen LogP contribution < -0.4 is 5.73 Å². The molecule has 0 aliphatic carbocycles. The van der Waals surface area contributed by atoms with Crippen LogP contribution in [0, 0.1) is 6.92 Å². The molecule has 0 saturated heterocycles. The Morgan fingerprint density at radius 3 is 2.24 bits per heavy atom. The molecular formula is C14H11ClF3N3. The summed E-state index contributed by atoms with van der Waals surface area (Å²) in [4.78, 5) is 0. The molecule has 7 heteroatoms. The highest BCUT2D eigenvalue weighted by Crippen LogP contribution is 2.38. The van der Waals surface area contributed by atoms with Crippen LogP contribution in [-0.4, -0.2) is 0 Å². The van der Waals surface area contributed by atoms with Crippen molar-refractivity contribution >= 4 is 28.7 Å². The van der Waals surface area contributed by atoms with E-state index in [0.717, 1.165) is 11.6 Å². The number of anilines is 1. The summed E-state index contributed by atoms with van der Waals surface area (Å²) in [6.07, 6.45) is -4.55. The predicted molar refractivity (Wildman–Crippen MR) is 76.2 cm³/mol. The van der Waals surface area contributed by atoms with Crippen molar-refractivity contribution < 1.29 is 13.2 Å². The largest absolute Gasteiger partial charge is 0.418 e. The highest BCUT2D eigenvalue weighted by atomic mass is 35.5. The zero-order valence-electron chi connectivity index (χ0n) is 10.9. The Hall–Kier alpha value is -2.08. The van der Waals surface area contributed by atoms with Gasteiger partial charge in [0.1, 0.15) is 0 Å². The van der Waals surface area contributed by atoms with Crippen LogP contribution in [0.3, 0.4) is 0 Å². The molecule has 110 valence electrons. The van der Waals surface area contributed by atoms with Gasteiger partial charge < -0.3 is 5.73 Å². The van der Waals surface area contributed by atoms with E-state index in [1.165, 1.54) is 12.1 Å². The summed E-state index contributed by atoms with van der Waals surface area (Å²) in [5.41, 5.74) is 6.11. The van der Waals surface area contributed by atoms with Crippen LogP contribution in [0.25, 0.3) is 0 Å². The number of nitrogens with two attached hydrogens (primary N) is 1. The van der Waals surface area contributed by atoms with Crippen LogP contribution in [0.1, 0.15) is 11.1 Å². The number of nitrogens with zero attached hydrogens (tertiary/aromatic N) is 2. The number of hydrogen-bond acceptors (Lipinski definition) is 3. The molecule has 0 atom stereocenters. The third-order valence-electron chi connectivity index (χ3n) is 2.75. The molecule has 2 rings (SSSR count). The van der Waals surface area contributed by atoms with Crippen molar-refractivity contribution in [1.29, 1.82) is 0 Å². The quantitative estimate of drug-likeness (QED) is 0.564. The minimum atomic E-state index is -4.55. The smallest absolute Gasteiger partial charge is 0.399 e. The van der Waals surface area contributed by atoms with Gasteiger partial charge in [0.15, 0.2) is 0 Å². The van der Waals surface area contributed by atoms with Gasteiger partial charge in [-0.1, -0.05) is 11.6 Å². The first-order valence-electron chi connectivity index (χ1n) is 5.92. The fourth-order valence-corrected chi connectivity index (χ4v) is 1.89. The Balaban J connectivity index is 2.41. The minimum Gasteiger partial charge on any atom is -0.399 e. The summed E-state index contributed by atoms with van der Waals surface area (Å²) in [5.74, 6) is 0. The van der Waals surface area contributed by atoms with Gasteiger partial charge in [-0.05, 0) is 48.9 Å². The zero-order valence-corrected chi connectivity index (χ0v) is 11.7. The van der Waals surface area contributed by atoms with Crippen LogP contribution in [0.5, 0.6) is 0 Å². The number of rotatable bonds is 2. The van der Waals surface area contributed by atoms with Crippen molar-refractivity contribution in [2.45, 2.75) is 13.1 Å². The summed E-state index contributed by atoms with van der Waals surface area (Å²) in [6.45, 7) is 1.75. The van der Waals surface area contributed by atoms with E-state index >= 15 is 0 Å². The lowest BCUT2D eigenvalue weighted by molar-refractivity contribution is -0.137. The number of aryl methyl sites for hydroxylation is 1. The Labute approximate surface area is 124 Å². The number of alkyl halides is 3. The second-order valence-corrected chi connectivity index (χ2v) is 4.84. The topological polar surface area (TPSA) is 50.7 Å². The van der Waals surface area contributed by atoms with Gasteiger partial charge in [0.2, 0.25) is 0 Å². The van der Waals surface area contributed by atoms with Gasteiger partial charge in [-0.2, -0.15) is 18.3 Å². The van der Waals surface area contributed by atoms with Crippen LogP contribution in [0.15, 0.2) is 46.6 Å². The maximum Gasteiger partial charge on any atom is 0.418 e. The molecule has 0 heterocycles. The molecule has 0 bridgehead atoms. The fourth-order valence-electron chi connectivity index (χ4n) is 1.72. The third kappa shape index (κ3) is 3.72. The maximum atomic E-state index is 12.9. The van der Waals surface area contributed by atoms with Gasteiger partial charge in [-0.3, -0.25) is 0 Å². The van der Waals surface area contributed by atoms with Crippen molar-refractivity contribution in [2.75, 3.05) is 5.73 Å². The van der Waals surface area contributed by atoms with Gasteiger partial charge >= 0.3 is 6.18 Å². The average Bonchev–Trinajstić information content (AvgIpc) is 2.38. The first-order valence-corrected chi connectivity index (χ1v) is 6.30. The van der Waals surface area contributed by atoms with Gasteiger partial charge in [0.25, 0.3) is 0 Å². The first kappa shape index (κ1) is 15.3. The number of azo groups is 1. The Bertz CT molecular complexity index is 696. The molecule has 0 spiro atoms.